The molecule has 0 saturated heterocycles. The Hall–Kier alpha value is -1.99. The summed E-state index contributed by atoms with van der Waals surface area (Å²) in [7, 11) is -3.29. The van der Waals surface area contributed by atoms with Crippen LogP contribution in [0.25, 0.3) is 0 Å². The van der Waals surface area contributed by atoms with Crippen LogP contribution in [0.4, 0.5) is 0 Å². The lowest BCUT2D eigenvalue weighted by atomic mass is 10.0. The van der Waals surface area contributed by atoms with Gasteiger partial charge in [0.1, 0.15) is 5.82 Å². The van der Waals surface area contributed by atoms with E-state index in [1.807, 2.05) is 31.2 Å². The lowest BCUT2D eigenvalue weighted by Gasteiger charge is -2.26. The molecule has 6 nitrogen and oxygen atoms in total. The molecule has 128 valence electrons. The predicted octanol–water partition coefficient (Wildman–Crippen LogP) is 1.38. The molecule has 7 heteroatoms. The summed E-state index contributed by atoms with van der Waals surface area (Å²) in [5, 5.41) is 0. The average Bonchev–Trinajstić information content (AvgIpc) is 2.56. The fraction of sp³-hybridized carbons (Fsp3) is 0.412. The summed E-state index contributed by atoms with van der Waals surface area (Å²) < 4.78 is 25.4. The monoisotopic (exact) mass is 347 g/mol. The minimum absolute atomic E-state index is 0.0407. The Morgan fingerprint density at radius 2 is 2.04 bits per heavy atom. The van der Waals surface area contributed by atoms with E-state index < -0.39 is 10.0 Å². The Balaban J connectivity index is 1.90. The quantitative estimate of drug-likeness (QED) is 0.906. The summed E-state index contributed by atoms with van der Waals surface area (Å²) >= 11 is 0. The van der Waals surface area contributed by atoms with Crippen molar-refractivity contribution in [3.63, 3.8) is 0 Å². The lowest BCUT2D eigenvalue weighted by Crippen LogP contribution is -2.40. The predicted molar refractivity (Wildman–Crippen MR) is 92.4 cm³/mol. The number of sulfonamides is 1. The first-order valence-corrected chi connectivity index (χ1v) is 9.65. The second-order valence-corrected chi connectivity index (χ2v) is 8.28. The fourth-order valence-electron chi connectivity index (χ4n) is 2.94. The van der Waals surface area contributed by atoms with E-state index in [1.165, 1.54) is 4.31 Å². The van der Waals surface area contributed by atoms with Gasteiger partial charge in [0.2, 0.25) is 10.0 Å². The molecule has 3 rings (SSSR count). The minimum Gasteiger partial charge on any atom is -0.310 e. The third-order valence-corrected chi connectivity index (χ3v) is 6.29. The van der Waals surface area contributed by atoms with Gasteiger partial charge in [0, 0.05) is 25.9 Å². The van der Waals surface area contributed by atoms with E-state index in [2.05, 4.69) is 9.97 Å². The highest BCUT2D eigenvalue weighted by atomic mass is 32.2. The Morgan fingerprint density at radius 3 is 2.75 bits per heavy atom. The van der Waals surface area contributed by atoms with E-state index in [-0.39, 0.29) is 17.9 Å². The lowest BCUT2D eigenvalue weighted by molar-refractivity contribution is 0.385. The van der Waals surface area contributed by atoms with Gasteiger partial charge in [0.25, 0.3) is 5.56 Å². The molecule has 0 saturated carbocycles. The van der Waals surface area contributed by atoms with Gasteiger partial charge in [-0.2, -0.15) is 4.31 Å². The average molecular weight is 347 g/mol. The van der Waals surface area contributed by atoms with Crippen molar-refractivity contribution in [1.29, 1.82) is 0 Å². The van der Waals surface area contributed by atoms with Crippen LogP contribution >= 0.6 is 0 Å². The zero-order chi connectivity index (χ0) is 17.3. The normalized spacial score (nSPS) is 15.2. The molecule has 1 aromatic carbocycles. The van der Waals surface area contributed by atoms with E-state index in [9.17, 15) is 13.2 Å². The number of aromatic amines is 1. The molecule has 2 heterocycles. The van der Waals surface area contributed by atoms with Gasteiger partial charge in [-0.3, -0.25) is 4.79 Å². The second kappa shape index (κ2) is 6.49. The summed E-state index contributed by atoms with van der Waals surface area (Å²) in [5.41, 5.74) is 3.21. The second-order valence-electron chi connectivity index (χ2n) is 6.03. The maximum Gasteiger partial charge on any atom is 0.255 e. The molecule has 0 aliphatic carbocycles. The van der Waals surface area contributed by atoms with Gasteiger partial charge in [-0.1, -0.05) is 24.3 Å². The van der Waals surface area contributed by atoms with Gasteiger partial charge in [-0.25, -0.2) is 13.4 Å². The van der Waals surface area contributed by atoms with E-state index in [4.69, 9.17) is 0 Å². The molecule has 0 unspecified atom stereocenters. The molecule has 0 spiro atoms. The molecular weight excluding hydrogens is 326 g/mol. The van der Waals surface area contributed by atoms with Gasteiger partial charge in [0.05, 0.1) is 17.0 Å². The van der Waals surface area contributed by atoms with Crippen LogP contribution in [0.3, 0.4) is 0 Å². The smallest absolute Gasteiger partial charge is 0.255 e. The Morgan fingerprint density at radius 1 is 1.29 bits per heavy atom. The molecule has 1 aromatic heterocycles. The van der Waals surface area contributed by atoms with Crippen LogP contribution in [0, 0.1) is 6.92 Å². The SMILES string of the molecule is CCS(=O)(=O)N1CCc2nc(Cc3ccccc3C)[nH]c(=O)c2C1. The topological polar surface area (TPSA) is 83.1 Å². The third kappa shape index (κ3) is 3.27. The van der Waals surface area contributed by atoms with Gasteiger partial charge < -0.3 is 4.98 Å². The van der Waals surface area contributed by atoms with Gasteiger partial charge in [-0.15, -0.1) is 0 Å². The van der Waals surface area contributed by atoms with Crippen molar-refractivity contribution in [3.8, 4) is 0 Å². The zero-order valence-electron chi connectivity index (χ0n) is 13.9. The number of nitrogens with one attached hydrogen (secondary N) is 1. The van der Waals surface area contributed by atoms with Crippen LogP contribution < -0.4 is 5.56 Å². The Labute approximate surface area is 141 Å². The molecule has 24 heavy (non-hydrogen) atoms. The van der Waals surface area contributed by atoms with Crippen LogP contribution in [0.1, 0.15) is 35.1 Å². The molecule has 0 bridgehead atoms. The number of aryl methyl sites for hydroxylation is 1. The summed E-state index contributed by atoms with van der Waals surface area (Å²) in [6.07, 6.45) is 1.03. The van der Waals surface area contributed by atoms with Crippen molar-refractivity contribution in [2.75, 3.05) is 12.3 Å². The minimum atomic E-state index is -3.29. The molecule has 0 fully saturated rings. The van der Waals surface area contributed by atoms with Crippen molar-refractivity contribution in [3.05, 3.63) is 62.8 Å². The highest BCUT2D eigenvalue weighted by Gasteiger charge is 2.28. The molecule has 0 radical (unpaired) electrons. The maximum atomic E-state index is 12.4. The molecular formula is C17H21N3O3S. The molecule has 0 amide bonds. The first-order valence-electron chi connectivity index (χ1n) is 8.04. The standard InChI is InChI=1S/C17H21N3O3S/c1-3-24(22,23)20-9-8-15-14(11-20)17(21)19-16(18-15)10-13-7-5-4-6-12(13)2/h4-7H,3,8-11H2,1-2H3,(H,18,19,21). The van der Waals surface area contributed by atoms with Crippen LogP contribution in [0.5, 0.6) is 0 Å². The van der Waals surface area contributed by atoms with Crippen molar-refractivity contribution in [2.24, 2.45) is 0 Å². The van der Waals surface area contributed by atoms with Crippen molar-refractivity contribution < 1.29 is 8.42 Å². The summed E-state index contributed by atoms with van der Waals surface area (Å²) in [5.74, 6) is 0.666. The van der Waals surface area contributed by atoms with Crippen molar-refractivity contribution in [2.45, 2.75) is 33.2 Å². The number of rotatable bonds is 4. The van der Waals surface area contributed by atoms with Crippen LogP contribution in [-0.2, 0) is 29.4 Å². The highest BCUT2D eigenvalue weighted by Crippen LogP contribution is 2.18. The zero-order valence-corrected chi connectivity index (χ0v) is 14.7. The molecule has 1 aliphatic heterocycles. The number of nitrogens with zero attached hydrogens (tertiary/aromatic N) is 2. The maximum absolute atomic E-state index is 12.4. The van der Waals surface area contributed by atoms with E-state index in [1.54, 1.807) is 6.92 Å². The number of hydrogen-bond acceptors (Lipinski definition) is 4. The first-order chi connectivity index (χ1) is 11.4. The van der Waals surface area contributed by atoms with Crippen LogP contribution in [0.2, 0.25) is 0 Å². The number of benzene rings is 1. The van der Waals surface area contributed by atoms with Gasteiger partial charge in [-0.05, 0) is 25.0 Å². The molecule has 1 aliphatic rings. The molecule has 1 N–H and O–H groups in total. The van der Waals surface area contributed by atoms with Gasteiger partial charge in [0.15, 0.2) is 0 Å². The summed E-state index contributed by atoms with van der Waals surface area (Å²) in [4.78, 5) is 19.8. The molecule has 0 atom stereocenters. The van der Waals surface area contributed by atoms with E-state index in [0.29, 0.717) is 36.5 Å². The van der Waals surface area contributed by atoms with Crippen molar-refractivity contribution in [1.82, 2.24) is 14.3 Å². The fourth-order valence-corrected chi connectivity index (χ4v) is 4.00. The van der Waals surface area contributed by atoms with Crippen molar-refractivity contribution >= 4 is 10.0 Å². The third-order valence-electron chi connectivity index (χ3n) is 4.46. The van der Waals surface area contributed by atoms with Crippen LogP contribution in [-0.4, -0.2) is 35.0 Å². The largest absolute Gasteiger partial charge is 0.310 e. The van der Waals surface area contributed by atoms with Gasteiger partial charge >= 0.3 is 0 Å². The van der Waals surface area contributed by atoms with Crippen LogP contribution in [0.15, 0.2) is 29.1 Å². The number of H-pyrrole nitrogens is 1. The number of hydrogen-bond donors (Lipinski definition) is 1. The first kappa shape index (κ1) is 16.9. The number of aromatic nitrogens is 2. The Bertz CT molecular complexity index is 919. The van der Waals surface area contributed by atoms with E-state index in [0.717, 1.165) is 11.1 Å². The number of fused-ring (bicyclic) bond motifs is 1. The highest BCUT2D eigenvalue weighted by molar-refractivity contribution is 7.89. The summed E-state index contributed by atoms with van der Waals surface area (Å²) in [6.45, 7) is 4.12. The molecule has 2 aromatic rings. The summed E-state index contributed by atoms with van der Waals surface area (Å²) in [6, 6.07) is 7.99. The Kier molecular flexibility index (Phi) is 4.56. The van der Waals surface area contributed by atoms with E-state index >= 15 is 0 Å².